The number of allylic oxidation sites excluding steroid dienone is 3. The standard InChI is InChI=1S/C31H33N3O6/c32-31(40)27-23(36)14-18-12-17-13-20-21(33-19-8-10-34(11-9-19)15-16-4-2-1-3-5-16)6-7-22(35)26(20)29(38)24(17)28(37)25(18)30(27)39/h1-7,17-19,25,33,35-37H,8-15H2,(H2,32,40)/t17-,18+,25?/m1/s1. The quantitative estimate of drug-likeness (QED) is 0.284. The Morgan fingerprint density at radius 2 is 1.73 bits per heavy atom. The molecule has 3 aliphatic carbocycles. The fourth-order valence-corrected chi connectivity index (χ4v) is 7.07. The van der Waals surface area contributed by atoms with E-state index in [-0.39, 0.29) is 46.8 Å². The summed E-state index contributed by atoms with van der Waals surface area (Å²) >= 11 is 0. The molecular formula is C31H33N3O6. The van der Waals surface area contributed by atoms with Gasteiger partial charge in [-0.15, -0.1) is 0 Å². The van der Waals surface area contributed by atoms with Gasteiger partial charge in [-0.1, -0.05) is 30.3 Å². The normalized spacial score (nSPS) is 25.4. The zero-order valence-corrected chi connectivity index (χ0v) is 22.1. The second-order valence-electron chi connectivity index (χ2n) is 11.4. The number of phenolic OH excluding ortho intramolecular Hbond substituents is 1. The van der Waals surface area contributed by atoms with Gasteiger partial charge in [0, 0.05) is 43.4 Å². The van der Waals surface area contributed by atoms with Gasteiger partial charge in [-0.2, -0.15) is 0 Å². The van der Waals surface area contributed by atoms with Crippen molar-refractivity contribution in [3.05, 3.63) is 81.8 Å². The molecule has 208 valence electrons. The molecular weight excluding hydrogens is 510 g/mol. The number of Topliss-reactive ketones (excluding diaryl/α,β-unsaturated/α-hetero) is 2. The van der Waals surface area contributed by atoms with E-state index in [2.05, 4.69) is 34.5 Å². The molecule has 0 bridgehead atoms. The zero-order chi connectivity index (χ0) is 28.1. The Morgan fingerprint density at radius 3 is 2.42 bits per heavy atom. The van der Waals surface area contributed by atoms with E-state index in [1.165, 1.54) is 11.6 Å². The van der Waals surface area contributed by atoms with Crippen LogP contribution in [-0.4, -0.2) is 56.8 Å². The molecule has 2 aromatic carbocycles. The summed E-state index contributed by atoms with van der Waals surface area (Å²) in [6, 6.07) is 13.9. The number of carbonyl (C=O) groups excluding carboxylic acids is 3. The molecule has 1 saturated heterocycles. The third-order valence-corrected chi connectivity index (χ3v) is 8.97. The van der Waals surface area contributed by atoms with E-state index >= 15 is 0 Å². The summed E-state index contributed by atoms with van der Waals surface area (Å²) in [5.74, 6) is -5.19. The van der Waals surface area contributed by atoms with Crippen LogP contribution in [0, 0.1) is 17.8 Å². The number of anilines is 1. The second kappa shape index (κ2) is 10.1. The van der Waals surface area contributed by atoms with Gasteiger partial charge in [-0.25, -0.2) is 0 Å². The fourth-order valence-electron chi connectivity index (χ4n) is 7.07. The minimum atomic E-state index is -1.11. The zero-order valence-electron chi connectivity index (χ0n) is 22.1. The Labute approximate surface area is 232 Å². The number of hydrogen-bond donors (Lipinski definition) is 5. The molecule has 0 radical (unpaired) electrons. The first-order valence-corrected chi connectivity index (χ1v) is 13.8. The summed E-state index contributed by atoms with van der Waals surface area (Å²) in [6.07, 6.45) is 2.67. The SMILES string of the molecule is NC(=O)C1=C(O)C[C@@H]2C[C@@H]3Cc4c(NC5CCN(Cc6ccccc6)CC5)ccc(O)c4C(=O)C3=C(O)C2C1=O. The summed E-state index contributed by atoms with van der Waals surface area (Å²) in [6.45, 7) is 2.79. The Balaban J connectivity index is 1.23. The van der Waals surface area contributed by atoms with Crippen molar-refractivity contribution in [1.82, 2.24) is 4.90 Å². The van der Waals surface area contributed by atoms with Crippen LogP contribution in [0.4, 0.5) is 5.69 Å². The van der Waals surface area contributed by atoms with Crippen LogP contribution in [0.3, 0.4) is 0 Å². The summed E-state index contributed by atoms with van der Waals surface area (Å²) in [7, 11) is 0. The maximum Gasteiger partial charge on any atom is 0.255 e. The summed E-state index contributed by atoms with van der Waals surface area (Å²) in [5, 5.41) is 35.9. The number of nitrogens with one attached hydrogen (secondary N) is 1. The molecule has 4 aliphatic rings. The molecule has 6 rings (SSSR count). The fraction of sp³-hybridized carbons (Fsp3) is 0.387. The molecule has 3 atom stereocenters. The first kappa shape index (κ1) is 26.1. The highest BCUT2D eigenvalue weighted by molar-refractivity contribution is 6.22. The number of hydrogen-bond acceptors (Lipinski definition) is 8. The lowest BCUT2D eigenvalue weighted by molar-refractivity contribution is -0.126. The molecule has 0 aromatic heterocycles. The first-order chi connectivity index (χ1) is 19.2. The van der Waals surface area contributed by atoms with Crippen LogP contribution in [0.5, 0.6) is 5.75 Å². The van der Waals surface area contributed by atoms with E-state index in [4.69, 9.17) is 5.73 Å². The van der Waals surface area contributed by atoms with E-state index in [1.54, 1.807) is 6.07 Å². The van der Waals surface area contributed by atoms with E-state index < -0.39 is 34.9 Å². The Hall–Kier alpha value is -4.11. The van der Waals surface area contributed by atoms with Gasteiger partial charge in [-0.05, 0) is 60.8 Å². The first-order valence-electron chi connectivity index (χ1n) is 13.8. The Bertz CT molecular complexity index is 1450. The molecule has 6 N–H and O–H groups in total. The number of ketones is 2. The van der Waals surface area contributed by atoms with Gasteiger partial charge in [0.25, 0.3) is 5.91 Å². The monoisotopic (exact) mass is 543 g/mol. The van der Waals surface area contributed by atoms with Crippen molar-refractivity contribution >= 4 is 23.2 Å². The van der Waals surface area contributed by atoms with E-state index in [0.29, 0.717) is 18.4 Å². The van der Waals surface area contributed by atoms with Crippen LogP contribution in [0.25, 0.3) is 0 Å². The van der Waals surface area contributed by atoms with E-state index in [1.807, 2.05) is 6.07 Å². The Morgan fingerprint density at radius 1 is 1.00 bits per heavy atom. The number of benzene rings is 2. The lowest BCUT2D eigenvalue weighted by atomic mass is 9.62. The number of phenols is 1. The van der Waals surface area contributed by atoms with Crippen LogP contribution in [0.15, 0.2) is 65.1 Å². The number of nitrogens with two attached hydrogens (primary N) is 1. The van der Waals surface area contributed by atoms with Crippen LogP contribution in [0.2, 0.25) is 0 Å². The van der Waals surface area contributed by atoms with Gasteiger partial charge in [0.05, 0.1) is 11.5 Å². The molecule has 9 heteroatoms. The van der Waals surface area contributed by atoms with Crippen molar-refractivity contribution in [3.8, 4) is 5.75 Å². The number of rotatable bonds is 5. The number of amides is 1. The molecule has 40 heavy (non-hydrogen) atoms. The van der Waals surface area contributed by atoms with Crippen molar-refractivity contribution in [1.29, 1.82) is 0 Å². The van der Waals surface area contributed by atoms with E-state index in [9.17, 15) is 29.7 Å². The number of likely N-dealkylation sites (tertiary alicyclic amines) is 1. The summed E-state index contributed by atoms with van der Waals surface area (Å²) < 4.78 is 0. The van der Waals surface area contributed by atoms with Crippen molar-refractivity contribution in [3.63, 3.8) is 0 Å². The number of carbonyl (C=O) groups is 3. The minimum absolute atomic E-state index is 0.0241. The predicted octanol–water partition coefficient (Wildman–Crippen LogP) is 3.54. The largest absolute Gasteiger partial charge is 0.511 e. The molecule has 1 amide bonds. The number of piperidine rings is 1. The third-order valence-electron chi connectivity index (χ3n) is 8.97. The maximum atomic E-state index is 13.7. The number of primary amides is 1. The van der Waals surface area contributed by atoms with Gasteiger partial charge in [0.1, 0.15) is 22.8 Å². The molecule has 2 aromatic rings. The average molecular weight is 544 g/mol. The number of aliphatic hydroxyl groups excluding tert-OH is 2. The van der Waals surface area contributed by atoms with Gasteiger partial charge in [-0.3, -0.25) is 19.3 Å². The highest BCUT2D eigenvalue weighted by Gasteiger charge is 2.50. The van der Waals surface area contributed by atoms with Crippen molar-refractivity contribution in [2.24, 2.45) is 23.5 Å². The smallest absolute Gasteiger partial charge is 0.255 e. The van der Waals surface area contributed by atoms with E-state index in [0.717, 1.165) is 38.2 Å². The Kier molecular flexibility index (Phi) is 6.62. The highest BCUT2D eigenvalue weighted by Crippen LogP contribution is 2.50. The molecule has 1 fully saturated rings. The third kappa shape index (κ3) is 4.44. The summed E-state index contributed by atoms with van der Waals surface area (Å²) in [4.78, 5) is 41.0. The number of nitrogens with zero attached hydrogens (tertiary/aromatic N) is 1. The van der Waals surface area contributed by atoms with Crippen LogP contribution < -0.4 is 11.1 Å². The lowest BCUT2D eigenvalue weighted by Crippen LogP contribution is -2.43. The maximum absolute atomic E-state index is 13.7. The van der Waals surface area contributed by atoms with Gasteiger partial charge in [0.2, 0.25) is 0 Å². The number of fused-ring (bicyclic) bond motifs is 3. The molecule has 0 spiro atoms. The van der Waals surface area contributed by atoms with Crippen LogP contribution in [0.1, 0.15) is 47.2 Å². The molecule has 1 unspecified atom stereocenters. The topological polar surface area (TPSA) is 153 Å². The number of aromatic hydroxyl groups is 1. The van der Waals surface area contributed by atoms with Gasteiger partial charge >= 0.3 is 0 Å². The molecule has 1 heterocycles. The highest BCUT2D eigenvalue weighted by atomic mass is 16.3. The molecule has 0 saturated carbocycles. The minimum Gasteiger partial charge on any atom is -0.511 e. The van der Waals surface area contributed by atoms with Crippen LogP contribution >= 0.6 is 0 Å². The van der Waals surface area contributed by atoms with Crippen LogP contribution in [-0.2, 0) is 22.6 Å². The molecule has 1 aliphatic heterocycles. The molecule has 9 nitrogen and oxygen atoms in total. The lowest BCUT2D eigenvalue weighted by Gasteiger charge is -2.41. The number of aliphatic hydroxyl groups is 2. The van der Waals surface area contributed by atoms with Crippen molar-refractivity contribution in [2.75, 3.05) is 18.4 Å². The van der Waals surface area contributed by atoms with Crippen molar-refractivity contribution < 1.29 is 29.7 Å². The van der Waals surface area contributed by atoms with Gasteiger partial charge in [0.15, 0.2) is 11.6 Å². The summed E-state index contributed by atoms with van der Waals surface area (Å²) in [5.41, 5.74) is 7.82. The second-order valence-corrected chi connectivity index (χ2v) is 11.4. The predicted molar refractivity (Wildman–Crippen MR) is 148 cm³/mol. The van der Waals surface area contributed by atoms with Gasteiger partial charge < -0.3 is 26.4 Å². The average Bonchev–Trinajstić information content (AvgIpc) is 2.91. The van der Waals surface area contributed by atoms with Crippen molar-refractivity contribution in [2.45, 2.75) is 44.7 Å².